The predicted octanol–water partition coefficient (Wildman–Crippen LogP) is -6.50. The first-order valence-electron chi connectivity index (χ1n) is 30.5. The summed E-state index contributed by atoms with van der Waals surface area (Å²) in [6.45, 7) is 5.21. The molecule has 17 N–H and O–H groups in total. The summed E-state index contributed by atoms with van der Waals surface area (Å²) in [7, 11) is 0. The van der Waals surface area contributed by atoms with Crippen LogP contribution >= 0.6 is 0 Å². The zero-order chi connectivity index (χ0) is 61.1. The second-order valence-corrected chi connectivity index (χ2v) is 26.9. The first kappa shape index (κ1) is 65.3. The maximum Gasteiger partial charge on any atom is 0.187 e. The minimum atomic E-state index is -2.21. The molecule has 4 saturated carbocycles. The molecule has 0 aromatic heterocycles. The molecule has 0 aromatic carbocycles. The van der Waals surface area contributed by atoms with E-state index in [4.69, 9.17) is 56.8 Å². The van der Waals surface area contributed by atoms with Crippen LogP contribution < -0.4 is 0 Å². The zero-order valence-corrected chi connectivity index (χ0v) is 48.1. The first-order valence-corrected chi connectivity index (χ1v) is 30.5. The molecule has 490 valence electrons. The average molecular weight is 1230 g/mol. The first-order chi connectivity index (χ1) is 40.3. The average Bonchev–Trinajstić information content (AvgIpc) is 1.59. The maximum atomic E-state index is 12.3. The van der Waals surface area contributed by atoms with Gasteiger partial charge in [0.25, 0.3) is 0 Å². The summed E-state index contributed by atoms with van der Waals surface area (Å²) in [4.78, 5) is 0. The summed E-state index contributed by atoms with van der Waals surface area (Å²) in [6.07, 6.45) is -42.5. The van der Waals surface area contributed by atoms with Crippen LogP contribution in [0.1, 0.15) is 79.1 Å². The van der Waals surface area contributed by atoms with Crippen molar-refractivity contribution in [2.24, 2.45) is 52.3 Å². The van der Waals surface area contributed by atoms with E-state index in [0.717, 1.165) is 38.5 Å². The van der Waals surface area contributed by atoms with E-state index in [1.54, 1.807) is 0 Å². The van der Waals surface area contributed by atoms with Gasteiger partial charge in [0, 0.05) is 18.3 Å². The Morgan fingerprint density at radius 3 is 1.67 bits per heavy atom. The molecule has 0 bridgehead atoms. The van der Waals surface area contributed by atoms with Crippen LogP contribution in [0, 0.1) is 52.3 Å². The number of aliphatic hydroxyl groups excluding tert-OH is 17. The van der Waals surface area contributed by atoms with E-state index in [9.17, 15) is 86.8 Å². The highest BCUT2D eigenvalue weighted by Gasteiger charge is 2.73. The highest BCUT2D eigenvalue weighted by Crippen LogP contribution is 2.71. The van der Waals surface area contributed by atoms with Gasteiger partial charge in [0.1, 0.15) is 116 Å². The van der Waals surface area contributed by atoms with E-state index < -0.39 is 205 Å². The second-order valence-electron chi connectivity index (χ2n) is 26.9. The van der Waals surface area contributed by atoms with Crippen LogP contribution in [0.3, 0.4) is 0 Å². The lowest BCUT2D eigenvalue weighted by molar-refractivity contribution is -0.410. The molecule has 11 rings (SSSR count). The lowest BCUT2D eigenvalue weighted by atomic mass is 9.44. The van der Waals surface area contributed by atoms with Gasteiger partial charge in [0.05, 0.1) is 64.1 Å². The number of ether oxygens (including phenoxy) is 12. The molecular weight excluding hydrogens is 1140 g/mol. The van der Waals surface area contributed by atoms with Gasteiger partial charge in [-0.3, -0.25) is 0 Å². The van der Waals surface area contributed by atoms with Crippen molar-refractivity contribution in [1.29, 1.82) is 0 Å². The van der Waals surface area contributed by atoms with Crippen LogP contribution in [-0.4, -0.2) is 304 Å². The van der Waals surface area contributed by atoms with Gasteiger partial charge in [-0.05, 0) is 85.4 Å². The summed E-state index contributed by atoms with van der Waals surface area (Å²) in [5.41, 5.74) is -0.531. The Morgan fingerprint density at radius 1 is 0.447 bits per heavy atom. The van der Waals surface area contributed by atoms with Crippen molar-refractivity contribution >= 4 is 0 Å². The molecular formula is C56H92O29. The van der Waals surface area contributed by atoms with Crippen molar-refractivity contribution in [2.75, 3.05) is 39.6 Å². The summed E-state index contributed by atoms with van der Waals surface area (Å²) in [5.74, 6) is 0.388. The standard InChI is InChI=1S/C56H92O29/c1-19-7-10-56(75-17-19)20(2)31-45(85-56)37(67)32-22-6-5-21-11-26(24(61)12-55(21,4)23(22)8-9-54(31,32)3)76-50-42(72)39(69)44(30(16-60)80-50)81-53-48(47(36(66)29(15-59)79-53)83-49-40(70)33(63)25(62)18-74-49)84-52-43(73)46(35(65)28(14-58)78-52)82-51-41(71)38(68)34(64)27(13-57)77-51/h19-53,57-73H,5-18H2,1-4H3/t19-,20+,21+,22-,23+,24-,25-,26-,27-,28-,29-,30-,31+,32-,33+,34-,35+,36-,37+,38+,39-,40-,41-,42-,43-,44+,45+,46+,47+,48-,49+,50-,51+,52+,53+,54-,55+,56-/m1/s1. The fourth-order valence-corrected chi connectivity index (χ4v) is 17.4. The molecule has 7 aliphatic heterocycles. The van der Waals surface area contributed by atoms with Gasteiger partial charge in [0.15, 0.2) is 37.2 Å². The van der Waals surface area contributed by atoms with Crippen LogP contribution in [0.15, 0.2) is 0 Å². The van der Waals surface area contributed by atoms with Gasteiger partial charge >= 0.3 is 0 Å². The highest BCUT2D eigenvalue weighted by atomic mass is 16.8. The Kier molecular flexibility index (Phi) is 19.5. The van der Waals surface area contributed by atoms with Gasteiger partial charge in [-0.25, -0.2) is 0 Å². The van der Waals surface area contributed by atoms with E-state index in [0.29, 0.717) is 25.4 Å². The van der Waals surface area contributed by atoms with E-state index >= 15 is 0 Å². The van der Waals surface area contributed by atoms with Crippen LogP contribution in [0.5, 0.6) is 0 Å². The molecule has 11 fully saturated rings. The third-order valence-corrected chi connectivity index (χ3v) is 22.2. The normalized spacial score (nSPS) is 58.1. The number of fused-ring (bicyclic) bond motifs is 7. The quantitative estimate of drug-likeness (QED) is 0.0719. The molecule has 0 radical (unpaired) electrons. The molecule has 1 spiro atoms. The fourth-order valence-electron chi connectivity index (χ4n) is 17.4. The maximum absolute atomic E-state index is 12.3. The Bertz CT molecular complexity index is 2220. The van der Waals surface area contributed by atoms with Gasteiger partial charge in [-0.15, -0.1) is 0 Å². The van der Waals surface area contributed by atoms with Gasteiger partial charge in [-0.1, -0.05) is 27.7 Å². The zero-order valence-electron chi connectivity index (χ0n) is 48.1. The van der Waals surface area contributed by atoms with Crippen molar-refractivity contribution < 1.29 is 144 Å². The van der Waals surface area contributed by atoms with E-state index in [1.807, 2.05) is 0 Å². The van der Waals surface area contributed by atoms with Crippen LogP contribution in [0.4, 0.5) is 0 Å². The molecule has 0 aromatic rings. The molecule has 0 amide bonds. The van der Waals surface area contributed by atoms with Crippen molar-refractivity contribution in [1.82, 2.24) is 0 Å². The molecule has 4 aliphatic carbocycles. The molecule has 0 unspecified atom stereocenters. The highest BCUT2D eigenvalue weighted by molar-refractivity contribution is 5.19. The van der Waals surface area contributed by atoms with E-state index in [2.05, 4.69) is 27.7 Å². The monoisotopic (exact) mass is 1230 g/mol. The number of hydrogen-bond acceptors (Lipinski definition) is 29. The van der Waals surface area contributed by atoms with Crippen LogP contribution in [0.2, 0.25) is 0 Å². The third kappa shape index (κ3) is 11.3. The minimum Gasteiger partial charge on any atom is -0.394 e. The Labute approximate surface area is 491 Å². The smallest absolute Gasteiger partial charge is 0.187 e. The van der Waals surface area contributed by atoms with Gasteiger partial charge in [0.2, 0.25) is 0 Å². The Morgan fingerprint density at radius 2 is 1.01 bits per heavy atom. The lowest BCUT2D eigenvalue weighted by Gasteiger charge is -2.62. The fraction of sp³-hybridized carbons (Fsp3) is 1.00. The lowest BCUT2D eigenvalue weighted by Crippen LogP contribution is -2.69. The molecule has 85 heavy (non-hydrogen) atoms. The van der Waals surface area contributed by atoms with Gasteiger partial charge in [-0.2, -0.15) is 0 Å². The van der Waals surface area contributed by atoms with Crippen LogP contribution in [-0.2, 0) is 56.8 Å². The molecule has 29 nitrogen and oxygen atoms in total. The Hall–Kier alpha value is -1.16. The molecule has 11 aliphatic rings. The molecule has 7 saturated heterocycles. The van der Waals surface area contributed by atoms with Crippen molar-refractivity contribution in [3.8, 4) is 0 Å². The third-order valence-electron chi connectivity index (χ3n) is 22.2. The van der Waals surface area contributed by atoms with Crippen molar-refractivity contribution in [3.63, 3.8) is 0 Å². The largest absolute Gasteiger partial charge is 0.394 e. The predicted molar refractivity (Wildman–Crippen MR) is 278 cm³/mol. The van der Waals surface area contributed by atoms with Gasteiger partial charge < -0.3 is 144 Å². The van der Waals surface area contributed by atoms with Crippen molar-refractivity contribution in [2.45, 2.75) is 257 Å². The van der Waals surface area contributed by atoms with E-state index in [1.165, 1.54) is 0 Å². The number of aliphatic hydroxyl groups is 17. The summed E-state index contributed by atoms with van der Waals surface area (Å²) >= 11 is 0. The topological polar surface area (TPSA) is 455 Å². The summed E-state index contributed by atoms with van der Waals surface area (Å²) in [5, 5.41) is 188. The van der Waals surface area contributed by atoms with Crippen LogP contribution in [0.25, 0.3) is 0 Å². The molecule has 29 heteroatoms. The molecule has 38 atom stereocenters. The summed E-state index contributed by atoms with van der Waals surface area (Å²) < 4.78 is 72.8. The minimum absolute atomic E-state index is 0.00749. The van der Waals surface area contributed by atoms with E-state index in [-0.39, 0.29) is 52.4 Å². The SMILES string of the molecule is C[C@@H]1CC[C@@]2(OC1)O[C@@H]1[C@@H](O)[C@H]3[C@@H]4CC[C@H]5C[C@@H](O[C@@H]6O[C@H](CO)[C@H](O[C@@H]7O[C@H](CO)[C@@H](O)[C@H](O[C@@H]8OC[C@@H](O)[C@H](O)[C@H]8O)[C@H]7O[C@@H]7O[C@H](CO)[C@H](O)[C@H](O[C@@H]8O[C@H](CO)[C@@H](O)[C@H](O)[C@H]8O)[C@H]7O)[C@H](O)[C@H]6O)[C@H](O)C[C@]5(C)[C@H]4CC[C@]3(C)[C@H]1[C@@H]2C. The molecule has 7 heterocycles. The Balaban J connectivity index is 0.797. The second kappa shape index (κ2) is 25.4. The van der Waals surface area contributed by atoms with Crippen molar-refractivity contribution in [3.05, 3.63) is 0 Å². The summed E-state index contributed by atoms with van der Waals surface area (Å²) in [6, 6.07) is 0. The number of rotatable bonds is 14. The number of hydrogen-bond donors (Lipinski definition) is 17.